The molecule has 0 spiro atoms. The lowest BCUT2D eigenvalue weighted by Crippen LogP contribution is -2.52. The summed E-state index contributed by atoms with van der Waals surface area (Å²) in [6.45, 7) is 4.21. The second kappa shape index (κ2) is 12.4. The van der Waals surface area contributed by atoms with Gasteiger partial charge in [-0.3, -0.25) is 9.59 Å². The lowest BCUT2D eigenvalue weighted by Gasteiger charge is -2.32. The standard InChI is InChI=1S/C30H35BrN2O3/c1-3-26(30(35)32-24-13-5-4-6-14-24)33(19-22-11-9-10-21(2)18-22)28(34)20-36-27-17-16-23-12-7-8-15-25(23)29(27)31/h7-12,15-18,24,26H,3-6,13-14,19-20H2,1-2H3,(H,32,35)/t26-/m1/s1. The van der Waals surface area contributed by atoms with E-state index >= 15 is 0 Å². The first-order chi connectivity index (χ1) is 17.5. The number of benzene rings is 3. The highest BCUT2D eigenvalue weighted by Gasteiger charge is 2.30. The van der Waals surface area contributed by atoms with E-state index in [1.807, 2.05) is 68.4 Å². The number of ether oxygens (including phenoxy) is 1. The molecule has 5 nitrogen and oxygen atoms in total. The van der Waals surface area contributed by atoms with E-state index in [0.717, 1.165) is 52.1 Å². The molecule has 1 aliphatic carbocycles. The molecule has 1 N–H and O–H groups in total. The molecule has 3 aromatic rings. The van der Waals surface area contributed by atoms with Gasteiger partial charge in [0.05, 0.1) is 4.47 Å². The van der Waals surface area contributed by atoms with Crippen LogP contribution in [0.3, 0.4) is 0 Å². The highest BCUT2D eigenvalue weighted by molar-refractivity contribution is 9.10. The van der Waals surface area contributed by atoms with Gasteiger partial charge in [0.1, 0.15) is 11.8 Å². The minimum absolute atomic E-state index is 0.0720. The minimum atomic E-state index is -0.552. The van der Waals surface area contributed by atoms with Gasteiger partial charge in [-0.2, -0.15) is 0 Å². The first-order valence-corrected chi connectivity index (χ1v) is 13.7. The Morgan fingerprint density at radius 3 is 2.58 bits per heavy atom. The second-order valence-corrected chi connectivity index (χ2v) is 10.5. The normalized spacial score (nSPS) is 14.9. The SMILES string of the molecule is CC[C@H](C(=O)NC1CCCCC1)N(Cc1cccc(C)c1)C(=O)COc1ccc2ccccc2c1Br. The van der Waals surface area contributed by atoms with Crippen LogP contribution < -0.4 is 10.1 Å². The summed E-state index contributed by atoms with van der Waals surface area (Å²) in [6.07, 6.45) is 6.06. The number of rotatable bonds is 9. The molecule has 1 saturated carbocycles. The largest absolute Gasteiger partial charge is 0.483 e. The monoisotopic (exact) mass is 550 g/mol. The van der Waals surface area contributed by atoms with E-state index in [0.29, 0.717) is 18.7 Å². The molecule has 0 unspecified atom stereocenters. The molecule has 0 bridgehead atoms. The van der Waals surface area contributed by atoms with Crippen molar-refractivity contribution in [3.05, 3.63) is 76.3 Å². The predicted molar refractivity (Wildman–Crippen MR) is 148 cm³/mol. The Morgan fingerprint density at radius 1 is 1.06 bits per heavy atom. The summed E-state index contributed by atoms with van der Waals surface area (Å²) < 4.78 is 6.82. The molecule has 1 atom stereocenters. The molecule has 0 radical (unpaired) electrons. The third-order valence-electron chi connectivity index (χ3n) is 6.95. The van der Waals surface area contributed by atoms with Crippen molar-refractivity contribution in [1.29, 1.82) is 0 Å². The van der Waals surface area contributed by atoms with Crippen LogP contribution in [-0.4, -0.2) is 35.4 Å². The van der Waals surface area contributed by atoms with Crippen molar-refractivity contribution in [1.82, 2.24) is 10.2 Å². The number of amides is 2. The topological polar surface area (TPSA) is 58.6 Å². The zero-order chi connectivity index (χ0) is 25.5. The summed E-state index contributed by atoms with van der Waals surface area (Å²) in [6, 6.07) is 19.6. The summed E-state index contributed by atoms with van der Waals surface area (Å²) in [7, 11) is 0. The Kier molecular flexibility index (Phi) is 9.03. The van der Waals surface area contributed by atoms with Crippen LogP contribution in [0.25, 0.3) is 10.8 Å². The van der Waals surface area contributed by atoms with Gasteiger partial charge in [0, 0.05) is 12.6 Å². The molecule has 190 valence electrons. The number of aryl methyl sites for hydroxylation is 1. The third kappa shape index (κ3) is 6.47. The van der Waals surface area contributed by atoms with E-state index in [1.54, 1.807) is 4.90 Å². The molecule has 1 aliphatic rings. The Hall–Kier alpha value is -2.86. The maximum Gasteiger partial charge on any atom is 0.261 e. The molecule has 3 aromatic carbocycles. The molecule has 0 heterocycles. The molecule has 36 heavy (non-hydrogen) atoms. The van der Waals surface area contributed by atoms with E-state index in [4.69, 9.17) is 4.74 Å². The van der Waals surface area contributed by atoms with Crippen LogP contribution in [0.5, 0.6) is 5.75 Å². The Labute approximate surface area is 222 Å². The summed E-state index contributed by atoms with van der Waals surface area (Å²) in [5, 5.41) is 5.34. The number of carbonyl (C=O) groups excluding carboxylic acids is 2. The zero-order valence-electron chi connectivity index (χ0n) is 21.1. The van der Waals surface area contributed by atoms with Crippen molar-refractivity contribution < 1.29 is 14.3 Å². The van der Waals surface area contributed by atoms with Gasteiger partial charge in [-0.15, -0.1) is 0 Å². The fourth-order valence-corrected chi connectivity index (χ4v) is 5.63. The number of hydrogen-bond acceptors (Lipinski definition) is 3. The first kappa shape index (κ1) is 26.2. The maximum atomic E-state index is 13.6. The summed E-state index contributed by atoms with van der Waals surface area (Å²) in [5.41, 5.74) is 2.12. The van der Waals surface area contributed by atoms with Gasteiger partial charge in [0.15, 0.2) is 6.61 Å². The van der Waals surface area contributed by atoms with E-state index in [9.17, 15) is 9.59 Å². The van der Waals surface area contributed by atoms with Crippen LogP contribution in [0.2, 0.25) is 0 Å². The maximum absolute atomic E-state index is 13.6. The van der Waals surface area contributed by atoms with Crippen LogP contribution in [-0.2, 0) is 16.1 Å². The quantitative estimate of drug-likeness (QED) is 0.328. The Morgan fingerprint density at radius 2 is 1.83 bits per heavy atom. The molecule has 0 aliphatic heterocycles. The number of hydrogen-bond donors (Lipinski definition) is 1. The predicted octanol–water partition coefficient (Wildman–Crippen LogP) is 6.55. The number of fused-ring (bicyclic) bond motifs is 1. The smallest absolute Gasteiger partial charge is 0.261 e. The van der Waals surface area contributed by atoms with E-state index in [-0.39, 0.29) is 24.5 Å². The van der Waals surface area contributed by atoms with Crippen LogP contribution in [0.4, 0.5) is 0 Å². The summed E-state index contributed by atoms with van der Waals surface area (Å²) >= 11 is 3.64. The number of nitrogens with zero attached hydrogens (tertiary/aromatic N) is 1. The van der Waals surface area contributed by atoms with Crippen LogP contribution >= 0.6 is 15.9 Å². The molecular formula is C30H35BrN2O3. The van der Waals surface area contributed by atoms with Crippen molar-refractivity contribution in [2.45, 2.75) is 71.0 Å². The minimum Gasteiger partial charge on any atom is -0.483 e. The molecule has 2 amide bonds. The highest BCUT2D eigenvalue weighted by Crippen LogP contribution is 2.33. The lowest BCUT2D eigenvalue weighted by molar-refractivity contribution is -0.143. The van der Waals surface area contributed by atoms with Crippen molar-refractivity contribution in [3.63, 3.8) is 0 Å². The number of nitrogens with one attached hydrogen (secondary N) is 1. The fraction of sp³-hybridized carbons (Fsp3) is 0.400. The number of halogens is 1. The molecule has 0 aromatic heterocycles. The second-order valence-electron chi connectivity index (χ2n) is 9.67. The molecular weight excluding hydrogens is 516 g/mol. The van der Waals surface area contributed by atoms with Gasteiger partial charge in [-0.1, -0.05) is 86.3 Å². The van der Waals surface area contributed by atoms with Crippen LogP contribution in [0.1, 0.15) is 56.6 Å². The van der Waals surface area contributed by atoms with Gasteiger partial charge in [0.2, 0.25) is 5.91 Å². The third-order valence-corrected chi connectivity index (χ3v) is 7.77. The number of carbonyl (C=O) groups is 2. The van der Waals surface area contributed by atoms with Gasteiger partial charge < -0.3 is 15.0 Å². The van der Waals surface area contributed by atoms with E-state index in [1.165, 1.54) is 6.42 Å². The van der Waals surface area contributed by atoms with Crippen molar-refractivity contribution in [3.8, 4) is 5.75 Å². The van der Waals surface area contributed by atoms with Crippen molar-refractivity contribution >= 4 is 38.5 Å². The summed E-state index contributed by atoms with van der Waals surface area (Å²) in [4.78, 5) is 28.6. The van der Waals surface area contributed by atoms with Crippen molar-refractivity contribution in [2.24, 2.45) is 0 Å². The molecule has 4 rings (SSSR count). The van der Waals surface area contributed by atoms with Crippen LogP contribution in [0.15, 0.2) is 65.1 Å². The summed E-state index contributed by atoms with van der Waals surface area (Å²) in [5.74, 6) is 0.330. The Bertz CT molecular complexity index is 1210. The molecule has 6 heteroatoms. The van der Waals surface area contributed by atoms with Gasteiger partial charge in [-0.05, 0) is 64.5 Å². The highest BCUT2D eigenvalue weighted by atomic mass is 79.9. The molecule has 0 saturated heterocycles. The van der Waals surface area contributed by atoms with E-state index in [2.05, 4.69) is 27.3 Å². The molecule has 1 fully saturated rings. The van der Waals surface area contributed by atoms with E-state index < -0.39 is 6.04 Å². The van der Waals surface area contributed by atoms with Gasteiger partial charge in [-0.25, -0.2) is 0 Å². The van der Waals surface area contributed by atoms with Crippen molar-refractivity contribution in [2.75, 3.05) is 6.61 Å². The fourth-order valence-electron chi connectivity index (χ4n) is 5.02. The average Bonchev–Trinajstić information content (AvgIpc) is 2.89. The van der Waals surface area contributed by atoms with Gasteiger partial charge >= 0.3 is 0 Å². The average molecular weight is 552 g/mol. The lowest BCUT2D eigenvalue weighted by atomic mass is 9.95. The zero-order valence-corrected chi connectivity index (χ0v) is 22.7. The van der Waals surface area contributed by atoms with Crippen LogP contribution in [0, 0.1) is 6.92 Å². The Balaban J connectivity index is 1.53. The first-order valence-electron chi connectivity index (χ1n) is 12.9. The van der Waals surface area contributed by atoms with Gasteiger partial charge in [0.25, 0.3) is 5.91 Å².